The zero-order chi connectivity index (χ0) is 9.97. The first-order chi connectivity index (χ1) is 6.79. The third-order valence-corrected chi connectivity index (χ3v) is 3.47. The van der Waals surface area contributed by atoms with E-state index in [9.17, 15) is 0 Å². The molecule has 0 amide bonds. The molecule has 2 nitrogen and oxygen atoms in total. The fourth-order valence-corrected chi connectivity index (χ4v) is 2.59. The van der Waals surface area contributed by atoms with Gasteiger partial charge in [0.25, 0.3) is 0 Å². The number of ether oxygens (including phenoxy) is 1. The molecular formula is C11H15NOS. The number of aryl methyl sites for hydroxylation is 1. The zero-order valence-electron chi connectivity index (χ0n) is 8.32. The number of nitrogens with two attached hydrogens (primary N) is 1. The highest BCUT2D eigenvalue weighted by molar-refractivity contribution is 7.08. The lowest BCUT2D eigenvalue weighted by molar-refractivity contribution is 0.221. The predicted molar refractivity (Wildman–Crippen MR) is 59.3 cm³/mol. The smallest absolute Gasteiger partial charge is 0.0876 e. The summed E-state index contributed by atoms with van der Waals surface area (Å²) in [6.07, 6.45) is 3.99. The Hall–Kier alpha value is -0.800. The Morgan fingerprint density at radius 1 is 1.50 bits per heavy atom. The van der Waals surface area contributed by atoms with Crippen LogP contribution in [0.3, 0.4) is 0 Å². The maximum absolute atomic E-state index is 6.17. The van der Waals surface area contributed by atoms with Gasteiger partial charge in [0.15, 0.2) is 0 Å². The van der Waals surface area contributed by atoms with Gasteiger partial charge in [0, 0.05) is 0 Å². The van der Waals surface area contributed by atoms with E-state index >= 15 is 0 Å². The molecule has 2 N–H and O–H groups in total. The van der Waals surface area contributed by atoms with E-state index in [4.69, 9.17) is 10.5 Å². The van der Waals surface area contributed by atoms with Crippen LogP contribution in [0.2, 0.25) is 0 Å². The second-order valence-corrected chi connectivity index (χ2v) is 4.40. The molecule has 2 rings (SSSR count). The van der Waals surface area contributed by atoms with Gasteiger partial charge in [-0.15, -0.1) is 0 Å². The molecule has 3 heteroatoms. The molecule has 0 aliphatic carbocycles. The van der Waals surface area contributed by atoms with E-state index in [-0.39, 0.29) is 6.04 Å². The topological polar surface area (TPSA) is 35.2 Å². The minimum Gasteiger partial charge on any atom is -0.501 e. The molecule has 14 heavy (non-hydrogen) atoms. The summed E-state index contributed by atoms with van der Waals surface area (Å²) >= 11 is 1.71. The maximum Gasteiger partial charge on any atom is 0.0876 e. The highest BCUT2D eigenvalue weighted by Gasteiger charge is 2.16. The molecule has 1 aliphatic heterocycles. The molecule has 0 radical (unpaired) electrons. The lowest BCUT2D eigenvalue weighted by Crippen LogP contribution is -2.16. The average Bonchev–Trinajstić information content (AvgIpc) is 2.65. The molecule has 0 aromatic carbocycles. The Morgan fingerprint density at radius 2 is 2.36 bits per heavy atom. The summed E-state index contributed by atoms with van der Waals surface area (Å²) in [5.74, 6) is 0. The van der Waals surface area contributed by atoms with Crippen molar-refractivity contribution >= 4 is 11.3 Å². The van der Waals surface area contributed by atoms with Gasteiger partial charge in [-0.05, 0) is 47.2 Å². The molecule has 0 bridgehead atoms. The summed E-state index contributed by atoms with van der Waals surface area (Å²) in [4.78, 5) is 0. The molecular weight excluding hydrogens is 194 g/mol. The molecule has 1 unspecified atom stereocenters. The van der Waals surface area contributed by atoms with E-state index in [1.807, 2.05) is 6.26 Å². The minimum absolute atomic E-state index is 0.0292. The third kappa shape index (κ3) is 1.83. The van der Waals surface area contributed by atoms with E-state index < -0.39 is 0 Å². The molecule has 1 atom stereocenters. The first kappa shape index (κ1) is 9.74. The SMILES string of the molecule is Cc1cscc1C(N)C1=COCCC1. The first-order valence-electron chi connectivity index (χ1n) is 4.88. The maximum atomic E-state index is 6.17. The first-order valence-corrected chi connectivity index (χ1v) is 5.82. The van der Waals surface area contributed by atoms with Gasteiger partial charge in [-0.1, -0.05) is 0 Å². The summed E-state index contributed by atoms with van der Waals surface area (Å²) in [5.41, 5.74) is 9.92. The average molecular weight is 209 g/mol. The quantitative estimate of drug-likeness (QED) is 0.813. The summed E-state index contributed by atoms with van der Waals surface area (Å²) < 4.78 is 5.30. The van der Waals surface area contributed by atoms with Gasteiger partial charge in [0.05, 0.1) is 18.9 Å². The van der Waals surface area contributed by atoms with E-state index in [1.54, 1.807) is 11.3 Å². The second kappa shape index (κ2) is 4.15. The molecule has 1 aromatic rings. The Kier molecular flexibility index (Phi) is 2.89. The molecule has 0 saturated heterocycles. The molecule has 0 spiro atoms. The number of thiophene rings is 1. The molecule has 2 heterocycles. The van der Waals surface area contributed by atoms with Crippen LogP contribution in [0.5, 0.6) is 0 Å². The minimum atomic E-state index is 0.0292. The van der Waals surface area contributed by atoms with Crippen molar-refractivity contribution < 1.29 is 4.74 Å². The van der Waals surface area contributed by atoms with E-state index in [0.29, 0.717) is 0 Å². The largest absolute Gasteiger partial charge is 0.501 e. The van der Waals surface area contributed by atoms with Crippen molar-refractivity contribution in [2.45, 2.75) is 25.8 Å². The van der Waals surface area contributed by atoms with Crippen molar-refractivity contribution in [3.63, 3.8) is 0 Å². The van der Waals surface area contributed by atoms with Gasteiger partial charge in [-0.2, -0.15) is 11.3 Å². The molecule has 1 aromatic heterocycles. The van der Waals surface area contributed by atoms with Crippen molar-refractivity contribution in [1.29, 1.82) is 0 Å². The molecule has 0 saturated carbocycles. The van der Waals surface area contributed by atoms with Crippen molar-refractivity contribution in [3.8, 4) is 0 Å². The highest BCUT2D eigenvalue weighted by Crippen LogP contribution is 2.29. The van der Waals surface area contributed by atoms with Gasteiger partial charge >= 0.3 is 0 Å². The number of rotatable bonds is 2. The fraction of sp³-hybridized carbons (Fsp3) is 0.455. The number of hydrogen-bond acceptors (Lipinski definition) is 3. The van der Waals surface area contributed by atoms with Gasteiger partial charge in [-0.3, -0.25) is 0 Å². The second-order valence-electron chi connectivity index (χ2n) is 3.65. The molecule has 76 valence electrons. The van der Waals surface area contributed by atoms with E-state index in [1.165, 1.54) is 16.7 Å². The van der Waals surface area contributed by atoms with Crippen LogP contribution in [0.25, 0.3) is 0 Å². The number of hydrogen-bond donors (Lipinski definition) is 1. The third-order valence-electron chi connectivity index (χ3n) is 2.59. The Bertz CT molecular complexity index is 343. The van der Waals surface area contributed by atoms with E-state index in [0.717, 1.165) is 19.4 Å². The lowest BCUT2D eigenvalue weighted by Gasteiger charge is -2.19. The Labute approximate surface area is 88.4 Å². The van der Waals surface area contributed by atoms with Gasteiger partial charge in [-0.25, -0.2) is 0 Å². The predicted octanol–water partition coefficient (Wildman–Crippen LogP) is 2.75. The zero-order valence-corrected chi connectivity index (χ0v) is 9.14. The Morgan fingerprint density at radius 3 is 2.93 bits per heavy atom. The van der Waals surface area contributed by atoms with Crippen molar-refractivity contribution in [2.75, 3.05) is 6.61 Å². The van der Waals surface area contributed by atoms with Crippen LogP contribution in [-0.2, 0) is 4.74 Å². The van der Waals surface area contributed by atoms with Crippen molar-refractivity contribution in [2.24, 2.45) is 5.73 Å². The highest BCUT2D eigenvalue weighted by atomic mass is 32.1. The molecule has 1 aliphatic rings. The van der Waals surface area contributed by atoms with Crippen LogP contribution in [0.4, 0.5) is 0 Å². The fourth-order valence-electron chi connectivity index (χ4n) is 1.70. The monoisotopic (exact) mass is 209 g/mol. The summed E-state index contributed by atoms with van der Waals surface area (Å²) in [6, 6.07) is 0.0292. The van der Waals surface area contributed by atoms with Crippen LogP contribution >= 0.6 is 11.3 Å². The van der Waals surface area contributed by atoms with Gasteiger partial charge < -0.3 is 10.5 Å². The Balaban J connectivity index is 2.19. The van der Waals surface area contributed by atoms with Crippen molar-refractivity contribution in [1.82, 2.24) is 0 Å². The van der Waals surface area contributed by atoms with Crippen LogP contribution in [0.1, 0.15) is 30.0 Å². The van der Waals surface area contributed by atoms with Crippen molar-refractivity contribution in [3.05, 3.63) is 33.7 Å². The van der Waals surface area contributed by atoms with Gasteiger partial charge in [0.2, 0.25) is 0 Å². The summed E-state index contributed by atoms with van der Waals surface area (Å²) in [5, 5.41) is 4.27. The van der Waals surface area contributed by atoms with Crippen LogP contribution < -0.4 is 5.73 Å². The standard InChI is InChI=1S/C11H15NOS/c1-8-6-14-7-10(8)11(12)9-3-2-4-13-5-9/h5-7,11H,2-4,12H2,1H3. The molecule has 0 fully saturated rings. The lowest BCUT2D eigenvalue weighted by atomic mass is 9.96. The van der Waals surface area contributed by atoms with E-state index in [2.05, 4.69) is 17.7 Å². The van der Waals surface area contributed by atoms with Crippen LogP contribution in [-0.4, -0.2) is 6.61 Å². The van der Waals surface area contributed by atoms with Crippen LogP contribution in [0, 0.1) is 6.92 Å². The van der Waals surface area contributed by atoms with Gasteiger partial charge in [0.1, 0.15) is 0 Å². The normalized spacial score (nSPS) is 18.6. The summed E-state index contributed by atoms with van der Waals surface area (Å²) in [6.45, 7) is 2.94. The summed E-state index contributed by atoms with van der Waals surface area (Å²) in [7, 11) is 0. The van der Waals surface area contributed by atoms with Crippen LogP contribution in [0.15, 0.2) is 22.6 Å².